The van der Waals surface area contributed by atoms with Gasteiger partial charge in [0.15, 0.2) is 0 Å². The molecule has 0 spiro atoms. The summed E-state index contributed by atoms with van der Waals surface area (Å²) < 4.78 is 62.7. The number of hydrogen-bond donors (Lipinski definition) is 1. The van der Waals surface area contributed by atoms with E-state index in [-0.39, 0.29) is 6.54 Å². The standard InChI is InChI=1S/C13H19F3N2O2S/c1-10(2)18(9-13(14,15)16)21(19,20)8-12-6-4-3-5-11(12)7-17/h3-6,10H,7-9,17H2,1-2H3. The second kappa shape index (κ2) is 6.76. The average Bonchev–Trinajstić information content (AvgIpc) is 2.34. The third-order valence-corrected chi connectivity index (χ3v) is 4.89. The number of sulfonamides is 1. The second-order valence-corrected chi connectivity index (χ2v) is 6.90. The quantitative estimate of drug-likeness (QED) is 0.873. The molecule has 0 saturated carbocycles. The van der Waals surface area contributed by atoms with Crippen molar-refractivity contribution in [2.75, 3.05) is 6.54 Å². The molecule has 0 bridgehead atoms. The zero-order chi connectivity index (χ0) is 16.3. The van der Waals surface area contributed by atoms with Gasteiger partial charge in [0.25, 0.3) is 0 Å². The van der Waals surface area contributed by atoms with Gasteiger partial charge < -0.3 is 5.73 Å². The van der Waals surface area contributed by atoms with Crippen LogP contribution in [0.1, 0.15) is 25.0 Å². The van der Waals surface area contributed by atoms with Gasteiger partial charge in [0.2, 0.25) is 10.0 Å². The third-order valence-electron chi connectivity index (χ3n) is 2.94. The van der Waals surface area contributed by atoms with Crippen LogP contribution < -0.4 is 5.73 Å². The van der Waals surface area contributed by atoms with Gasteiger partial charge in [0.05, 0.1) is 5.75 Å². The lowest BCUT2D eigenvalue weighted by atomic mass is 10.1. The van der Waals surface area contributed by atoms with Crippen molar-refractivity contribution in [1.29, 1.82) is 0 Å². The van der Waals surface area contributed by atoms with Crippen molar-refractivity contribution in [2.24, 2.45) is 5.73 Å². The number of benzene rings is 1. The van der Waals surface area contributed by atoms with E-state index in [4.69, 9.17) is 5.73 Å². The molecule has 0 unspecified atom stereocenters. The zero-order valence-electron chi connectivity index (χ0n) is 11.9. The summed E-state index contributed by atoms with van der Waals surface area (Å²) in [5, 5.41) is 0. The van der Waals surface area contributed by atoms with Gasteiger partial charge in [-0.25, -0.2) is 8.42 Å². The molecular weight excluding hydrogens is 305 g/mol. The number of nitrogens with zero attached hydrogens (tertiary/aromatic N) is 1. The Kier molecular flexibility index (Phi) is 5.77. The molecule has 8 heteroatoms. The van der Waals surface area contributed by atoms with Crippen molar-refractivity contribution in [2.45, 2.75) is 38.4 Å². The van der Waals surface area contributed by atoms with Gasteiger partial charge in [0.1, 0.15) is 6.54 Å². The molecule has 0 heterocycles. The van der Waals surface area contributed by atoms with Gasteiger partial charge in [-0.05, 0) is 25.0 Å². The molecular formula is C13H19F3N2O2S. The molecule has 0 radical (unpaired) electrons. The second-order valence-electron chi connectivity index (χ2n) is 4.98. The van der Waals surface area contributed by atoms with Crippen LogP contribution in [-0.2, 0) is 22.3 Å². The van der Waals surface area contributed by atoms with E-state index in [0.717, 1.165) is 0 Å². The molecule has 0 aliphatic carbocycles. The first-order valence-electron chi connectivity index (χ1n) is 6.40. The van der Waals surface area contributed by atoms with E-state index < -0.39 is 34.5 Å². The van der Waals surface area contributed by atoms with Gasteiger partial charge in [-0.15, -0.1) is 0 Å². The highest BCUT2D eigenvalue weighted by Gasteiger charge is 2.37. The molecule has 4 nitrogen and oxygen atoms in total. The zero-order valence-corrected chi connectivity index (χ0v) is 12.7. The summed E-state index contributed by atoms with van der Waals surface area (Å²) in [5.74, 6) is -0.491. The number of hydrogen-bond acceptors (Lipinski definition) is 3. The minimum absolute atomic E-state index is 0.132. The Hall–Kier alpha value is -1.12. The minimum Gasteiger partial charge on any atom is -0.326 e. The van der Waals surface area contributed by atoms with Gasteiger partial charge in [-0.2, -0.15) is 17.5 Å². The Morgan fingerprint density at radius 3 is 2.14 bits per heavy atom. The predicted molar refractivity (Wildman–Crippen MR) is 74.9 cm³/mol. The summed E-state index contributed by atoms with van der Waals surface area (Å²) in [6.07, 6.45) is -4.58. The molecule has 0 saturated heterocycles. The Morgan fingerprint density at radius 2 is 1.71 bits per heavy atom. The van der Waals surface area contributed by atoms with E-state index in [9.17, 15) is 21.6 Å². The Morgan fingerprint density at radius 1 is 1.19 bits per heavy atom. The maximum atomic E-state index is 12.6. The summed E-state index contributed by atoms with van der Waals surface area (Å²) >= 11 is 0. The van der Waals surface area contributed by atoms with Crippen LogP contribution in [0.15, 0.2) is 24.3 Å². The predicted octanol–water partition coefficient (Wildman–Crippen LogP) is 2.25. The van der Waals surface area contributed by atoms with Gasteiger partial charge >= 0.3 is 6.18 Å². The van der Waals surface area contributed by atoms with Crippen molar-refractivity contribution >= 4 is 10.0 Å². The maximum absolute atomic E-state index is 12.6. The fourth-order valence-corrected chi connectivity index (χ4v) is 3.78. The van der Waals surface area contributed by atoms with E-state index >= 15 is 0 Å². The summed E-state index contributed by atoms with van der Waals surface area (Å²) in [5.41, 5.74) is 6.55. The highest BCUT2D eigenvalue weighted by Crippen LogP contribution is 2.23. The monoisotopic (exact) mass is 324 g/mol. The van der Waals surface area contributed by atoms with Gasteiger partial charge in [-0.1, -0.05) is 24.3 Å². The van der Waals surface area contributed by atoms with E-state index in [1.54, 1.807) is 24.3 Å². The molecule has 0 aliphatic rings. The fourth-order valence-electron chi connectivity index (χ4n) is 1.96. The maximum Gasteiger partial charge on any atom is 0.402 e. The first-order chi connectivity index (χ1) is 9.57. The van der Waals surface area contributed by atoms with Crippen molar-refractivity contribution in [3.05, 3.63) is 35.4 Å². The number of halogens is 3. The molecule has 0 atom stereocenters. The molecule has 2 N–H and O–H groups in total. The van der Waals surface area contributed by atoms with Crippen LogP contribution in [0.5, 0.6) is 0 Å². The molecule has 1 aromatic rings. The highest BCUT2D eigenvalue weighted by molar-refractivity contribution is 7.88. The minimum atomic E-state index is -4.58. The molecule has 1 aromatic carbocycles. The van der Waals surface area contributed by atoms with Crippen LogP contribution in [0.25, 0.3) is 0 Å². The van der Waals surface area contributed by atoms with Crippen molar-refractivity contribution < 1.29 is 21.6 Å². The average molecular weight is 324 g/mol. The molecule has 120 valence electrons. The van der Waals surface area contributed by atoms with Crippen LogP contribution in [-0.4, -0.2) is 31.5 Å². The Bertz CT molecular complexity index is 571. The van der Waals surface area contributed by atoms with Gasteiger partial charge in [-0.3, -0.25) is 0 Å². The first kappa shape index (κ1) is 17.9. The molecule has 0 aliphatic heterocycles. The summed E-state index contributed by atoms with van der Waals surface area (Å²) in [7, 11) is -4.08. The van der Waals surface area contributed by atoms with E-state index in [1.807, 2.05) is 0 Å². The number of alkyl halides is 3. The third kappa shape index (κ3) is 5.29. The van der Waals surface area contributed by atoms with Crippen molar-refractivity contribution in [1.82, 2.24) is 4.31 Å². The van der Waals surface area contributed by atoms with E-state index in [0.29, 0.717) is 15.4 Å². The highest BCUT2D eigenvalue weighted by atomic mass is 32.2. The lowest BCUT2D eigenvalue weighted by Crippen LogP contribution is -2.43. The van der Waals surface area contributed by atoms with Crippen LogP contribution in [0.4, 0.5) is 13.2 Å². The van der Waals surface area contributed by atoms with Crippen LogP contribution in [0.2, 0.25) is 0 Å². The topological polar surface area (TPSA) is 63.4 Å². The largest absolute Gasteiger partial charge is 0.402 e. The van der Waals surface area contributed by atoms with Crippen LogP contribution in [0.3, 0.4) is 0 Å². The normalized spacial score (nSPS) is 13.1. The van der Waals surface area contributed by atoms with Crippen molar-refractivity contribution in [3.8, 4) is 0 Å². The summed E-state index contributed by atoms with van der Waals surface area (Å²) in [6.45, 7) is 1.47. The lowest BCUT2D eigenvalue weighted by molar-refractivity contribution is -0.138. The number of rotatable bonds is 6. The smallest absolute Gasteiger partial charge is 0.326 e. The SMILES string of the molecule is CC(C)N(CC(F)(F)F)S(=O)(=O)Cc1ccccc1CN. The van der Waals surface area contributed by atoms with E-state index in [2.05, 4.69) is 0 Å². The van der Waals surface area contributed by atoms with Crippen LogP contribution >= 0.6 is 0 Å². The van der Waals surface area contributed by atoms with Crippen LogP contribution in [0, 0.1) is 0 Å². The molecule has 21 heavy (non-hydrogen) atoms. The first-order valence-corrected chi connectivity index (χ1v) is 8.01. The summed E-state index contributed by atoms with van der Waals surface area (Å²) in [4.78, 5) is 0. The molecule has 0 amide bonds. The molecule has 1 rings (SSSR count). The summed E-state index contributed by atoms with van der Waals surface area (Å²) in [6, 6.07) is 5.78. The van der Waals surface area contributed by atoms with Crippen molar-refractivity contribution in [3.63, 3.8) is 0 Å². The fraction of sp³-hybridized carbons (Fsp3) is 0.538. The molecule has 0 fully saturated rings. The lowest BCUT2D eigenvalue weighted by Gasteiger charge is -2.27. The molecule has 0 aromatic heterocycles. The Balaban J connectivity index is 3.07. The number of nitrogens with two attached hydrogens (primary N) is 1. The van der Waals surface area contributed by atoms with Gasteiger partial charge in [0, 0.05) is 12.6 Å². The Labute approximate surface area is 122 Å². The van der Waals surface area contributed by atoms with E-state index in [1.165, 1.54) is 13.8 Å².